The fourth-order valence-electron chi connectivity index (χ4n) is 2.39. The van der Waals surface area contributed by atoms with Crippen LogP contribution in [-0.4, -0.2) is 30.2 Å². The summed E-state index contributed by atoms with van der Waals surface area (Å²) in [5.74, 6) is 0.170. The van der Waals surface area contributed by atoms with E-state index in [2.05, 4.69) is 10.2 Å². The average Bonchev–Trinajstić information content (AvgIpc) is 3.07. The molecule has 0 saturated heterocycles. The van der Waals surface area contributed by atoms with E-state index in [1.807, 2.05) is 18.4 Å². The number of fused-ring (bicyclic) bond motifs is 3. The van der Waals surface area contributed by atoms with Crippen molar-refractivity contribution in [2.75, 3.05) is 0 Å². The zero-order valence-corrected chi connectivity index (χ0v) is 12.3. The van der Waals surface area contributed by atoms with Crippen LogP contribution in [0.4, 0.5) is 0 Å². The van der Waals surface area contributed by atoms with Gasteiger partial charge in [-0.25, -0.2) is 0 Å². The molecule has 0 unspecified atom stereocenters. The second kappa shape index (κ2) is 5.28. The van der Waals surface area contributed by atoms with Crippen LogP contribution >= 0.6 is 11.3 Å². The van der Waals surface area contributed by atoms with Crippen molar-refractivity contribution in [1.29, 1.82) is 0 Å². The molecule has 0 aliphatic heterocycles. The van der Waals surface area contributed by atoms with Gasteiger partial charge in [-0.2, -0.15) is 0 Å². The first-order valence-corrected chi connectivity index (χ1v) is 7.57. The number of aliphatic carboxylic acids is 1. The number of nitrogens with zero attached hydrogens (tertiary/aromatic N) is 4. The van der Waals surface area contributed by atoms with Crippen molar-refractivity contribution < 1.29 is 9.90 Å². The maximum atomic E-state index is 12.5. The number of carboxylic acid groups (broad SMARTS) is 1. The molecule has 0 aliphatic carbocycles. The topological polar surface area (TPSA) is 89.5 Å². The molecule has 21 heavy (non-hydrogen) atoms. The highest BCUT2D eigenvalue weighted by Crippen LogP contribution is 2.20. The highest BCUT2D eigenvalue weighted by Gasteiger charge is 2.17. The van der Waals surface area contributed by atoms with Crippen LogP contribution in [0.1, 0.15) is 25.6 Å². The SMILES string of the molecule is CCCn1c(=O)c2sccc2n2c(CCC(=O)O)nnc12. The summed E-state index contributed by atoms with van der Waals surface area (Å²) >= 11 is 1.38. The molecule has 0 bridgehead atoms. The number of carbonyl (C=O) groups is 1. The maximum Gasteiger partial charge on any atom is 0.303 e. The van der Waals surface area contributed by atoms with Gasteiger partial charge in [-0.3, -0.25) is 18.6 Å². The molecule has 0 spiro atoms. The largest absolute Gasteiger partial charge is 0.481 e. The Morgan fingerprint density at radius 2 is 2.24 bits per heavy atom. The van der Waals surface area contributed by atoms with E-state index < -0.39 is 5.97 Å². The molecule has 3 heterocycles. The van der Waals surface area contributed by atoms with Gasteiger partial charge in [-0.05, 0) is 17.9 Å². The average molecular weight is 306 g/mol. The third kappa shape index (κ3) is 2.21. The minimum absolute atomic E-state index is 0.0146. The number of rotatable bonds is 5. The molecule has 0 saturated carbocycles. The zero-order chi connectivity index (χ0) is 15.0. The molecule has 0 amide bonds. The first-order chi connectivity index (χ1) is 10.1. The lowest BCUT2D eigenvalue weighted by molar-refractivity contribution is -0.137. The molecule has 7 nitrogen and oxygen atoms in total. The molecule has 110 valence electrons. The molecule has 0 atom stereocenters. The minimum Gasteiger partial charge on any atom is -0.481 e. The van der Waals surface area contributed by atoms with E-state index in [1.165, 1.54) is 11.3 Å². The second-order valence-electron chi connectivity index (χ2n) is 4.74. The van der Waals surface area contributed by atoms with Crippen molar-refractivity contribution >= 4 is 33.3 Å². The number of aryl methyl sites for hydroxylation is 2. The van der Waals surface area contributed by atoms with Gasteiger partial charge in [0.15, 0.2) is 0 Å². The van der Waals surface area contributed by atoms with Crippen LogP contribution in [0.15, 0.2) is 16.2 Å². The Labute approximate surface area is 123 Å². The molecular weight excluding hydrogens is 292 g/mol. The van der Waals surface area contributed by atoms with Crippen molar-refractivity contribution in [3.63, 3.8) is 0 Å². The first-order valence-electron chi connectivity index (χ1n) is 6.69. The summed E-state index contributed by atoms with van der Waals surface area (Å²) in [4.78, 5) is 23.2. The number of aromatic nitrogens is 4. The smallest absolute Gasteiger partial charge is 0.303 e. The van der Waals surface area contributed by atoms with Gasteiger partial charge in [0.05, 0.1) is 11.9 Å². The van der Waals surface area contributed by atoms with E-state index in [0.717, 1.165) is 11.9 Å². The van der Waals surface area contributed by atoms with Crippen molar-refractivity contribution in [3.05, 3.63) is 27.6 Å². The summed E-state index contributed by atoms with van der Waals surface area (Å²) in [6, 6.07) is 1.85. The maximum absolute atomic E-state index is 12.5. The van der Waals surface area contributed by atoms with Gasteiger partial charge < -0.3 is 5.11 Å². The molecule has 3 aromatic rings. The summed E-state index contributed by atoms with van der Waals surface area (Å²) < 4.78 is 4.05. The summed E-state index contributed by atoms with van der Waals surface area (Å²) in [6.07, 6.45) is 1.08. The van der Waals surface area contributed by atoms with Crippen molar-refractivity contribution in [2.24, 2.45) is 0 Å². The van der Waals surface area contributed by atoms with Gasteiger partial charge in [-0.15, -0.1) is 21.5 Å². The van der Waals surface area contributed by atoms with Crippen LogP contribution in [-0.2, 0) is 17.8 Å². The van der Waals surface area contributed by atoms with Crippen molar-refractivity contribution in [2.45, 2.75) is 32.7 Å². The van der Waals surface area contributed by atoms with Crippen LogP contribution in [0.3, 0.4) is 0 Å². The quantitative estimate of drug-likeness (QED) is 0.772. The first kappa shape index (κ1) is 13.7. The van der Waals surface area contributed by atoms with Crippen LogP contribution in [0.25, 0.3) is 16.0 Å². The van der Waals surface area contributed by atoms with E-state index in [9.17, 15) is 9.59 Å². The van der Waals surface area contributed by atoms with E-state index in [-0.39, 0.29) is 18.4 Å². The molecular formula is C13H14N4O3S. The van der Waals surface area contributed by atoms with Gasteiger partial charge in [0.2, 0.25) is 5.78 Å². The van der Waals surface area contributed by atoms with E-state index >= 15 is 0 Å². The fraction of sp³-hybridized carbons (Fsp3) is 0.385. The van der Waals surface area contributed by atoms with Gasteiger partial charge in [0, 0.05) is 13.0 Å². The summed E-state index contributed by atoms with van der Waals surface area (Å²) in [7, 11) is 0. The highest BCUT2D eigenvalue weighted by molar-refractivity contribution is 7.17. The van der Waals surface area contributed by atoms with Gasteiger partial charge in [0.1, 0.15) is 10.5 Å². The molecule has 3 rings (SSSR count). The lowest BCUT2D eigenvalue weighted by Gasteiger charge is -2.07. The van der Waals surface area contributed by atoms with E-state index in [1.54, 1.807) is 8.97 Å². The zero-order valence-electron chi connectivity index (χ0n) is 11.4. The molecule has 8 heteroatoms. The Morgan fingerprint density at radius 1 is 1.43 bits per heavy atom. The molecule has 0 fully saturated rings. The Kier molecular flexibility index (Phi) is 3.46. The number of hydrogen-bond acceptors (Lipinski definition) is 5. The van der Waals surface area contributed by atoms with Crippen LogP contribution in [0.5, 0.6) is 0 Å². The monoisotopic (exact) mass is 306 g/mol. The van der Waals surface area contributed by atoms with Crippen molar-refractivity contribution in [3.8, 4) is 0 Å². The third-order valence-electron chi connectivity index (χ3n) is 3.29. The number of hydrogen-bond donors (Lipinski definition) is 1. The summed E-state index contributed by atoms with van der Waals surface area (Å²) in [5, 5.41) is 18.8. The Bertz CT molecular complexity index is 877. The van der Waals surface area contributed by atoms with Crippen molar-refractivity contribution in [1.82, 2.24) is 19.2 Å². The lowest BCUT2D eigenvalue weighted by Crippen LogP contribution is -2.22. The molecule has 1 N–H and O–H groups in total. The fourth-order valence-corrected chi connectivity index (χ4v) is 3.21. The third-order valence-corrected chi connectivity index (χ3v) is 4.18. The van der Waals surface area contributed by atoms with Gasteiger partial charge >= 0.3 is 5.97 Å². The lowest BCUT2D eigenvalue weighted by atomic mass is 10.3. The van der Waals surface area contributed by atoms with Crippen LogP contribution < -0.4 is 5.56 Å². The van der Waals surface area contributed by atoms with Gasteiger partial charge in [-0.1, -0.05) is 6.92 Å². The summed E-state index contributed by atoms with van der Waals surface area (Å²) in [5.41, 5.74) is 0.685. The number of thiophene rings is 1. The van der Waals surface area contributed by atoms with Crippen LogP contribution in [0, 0.1) is 0 Å². The highest BCUT2D eigenvalue weighted by atomic mass is 32.1. The molecule has 0 radical (unpaired) electrons. The minimum atomic E-state index is -0.879. The molecule has 0 aromatic carbocycles. The van der Waals surface area contributed by atoms with Gasteiger partial charge in [0.25, 0.3) is 5.56 Å². The second-order valence-corrected chi connectivity index (χ2v) is 5.65. The normalized spacial score (nSPS) is 11.5. The Hall–Kier alpha value is -2.22. The standard InChI is InChI=1S/C13H14N4O3S/c1-2-6-16-12(20)11-8(5-7-21-11)17-9(3-4-10(18)19)14-15-13(16)17/h5,7H,2-4,6H2,1H3,(H,18,19). The Balaban J connectivity index is 2.29. The van der Waals surface area contributed by atoms with Crippen LogP contribution in [0.2, 0.25) is 0 Å². The Morgan fingerprint density at radius 3 is 2.95 bits per heavy atom. The number of carboxylic acids is 1. The molecule has 3 aromatic heterocycles. The predicted octanol–water partition coefficient (Wildman–Crippen LogP) is 1.53. The predicted molar refractivity (Wildman–Crippen MR) is 78.9 cm³/mol. The molecule has 0 aliphatic rings. The van der Waals surface area contributed by atoms with E-state index in [4.69, 9.17) is 5.11 Å². The van der Waals surface area contributed by atoms with E-state index in [0.29, 0.717) is 22.8 Å². The summed E-state index contributed by atoms with van der Waals surface area (Å²) in [6.45, 7) is 2.55.